The Balaban J connectivity index is 0.000000257. The summed E-state index contributed by atoms with van der Waals surface area (Å²) in [6.07, 6.45) is 0. The fourth-order valence-electron chi connectivity index (χ4n) is 1.36. The average Bonchev–Trinajstić information content (AvgIpc) is 2.56. The molecule has 0 saturated heterocycles. The van der Waals surface area contributed by atoms with E-state index in [1.165, 1.54) is 18.2 Å². The molecule has 1 N–H and O–H groups in total. The molecular weight excluding hydrogens is 536 g/mol. The van der Waals surface area contributed by atoms with Gasteiger partial charge in [0, 0.05) is 49.3 Å². The van der Waals surface area contributed by atoms with E-state index >= 15 is 0 Å². The molecule has 0 aromatic carbocycles. The van der Waals surface area contributed by atoms with Crippen LogP contribution in [-0.2, 0) is 0 Å². The molecule has 0 radical (unpaired) electrons. The number of hydrogen-bond donors (Lipinski definition) is 1. The third-order valence-electron chi connectivity index (χ3n) is 2.31. The van der Waals surface area contributed by atoms with Crippen molar-refractivity contribution in [3.05, 3.63) is 53.7 Å². The first-order valence-electron chi connectivity index (χ1n) is 6.25. The molecule has 0 aliphatic heterocycles. The van der Waals surface area contributed by atoms with Gasteiger partial charge in [0.1, 0.15) is 0 Å². The number of halogens is 3. The molecule has 0 bridgehead atoms. The van der Waals surface area contributed by atoms with Crippen LogP contribution >= 0.6 is 47.8 Å². The van der Waals surface area contributed by atoms with Crippen LogP contribution in [0.25, 0.3) is 0 Å². The summed E-state index contributed by atoms with van der Waals surface area (Å²) in [5.74, 6) is -1.07. The van der Waals surface area contributed by atoms with Gasteiger partial charge in [-0.25, -0.2) is 0 Å². The van der Waals surface area contributed by atoms with Gasteiger partial charge in [0.25, 0.3) is 0 Å². The SMILES string of the molecule is O=[N+]([O-])c1nc(Br)ccc1O.O=[N+]([O-])c1nc(Br)ccc1OCCBr. The first-order valence-corrected chi connectivity index (χ1v) is 8.96. The highest BCUT2D eigenvalue weighted by Crippen LogP contribution is 2.26. The van der Waals surface area contributed by atoms with Crippen molar-refractivity contribution in [3.63, 3.8) is 0 Å². The smallest absolute Gasteiger partial charge is 0.407 e. The summed E-state index contributed by atoms with van der Waals surface area (Å²) < 4.78 is 5.86. The molecule has 0 unspecified atom stereocenters. The molecule has 0 amide bonds. The van der Waals surface area contributed by atoms with E-state index in [1.54, 1.807) is 6.07 Å². The number of aromatic hydroxyl groups is 1. The highest BCUT2D eigenvalue weighted by Gasteiger charge is 2.17. The standard InChI is InChI=1S/C7H6Br2N2O3.C5H3BrN2O3/c8-3-4-14-5-1-2-6(9)10-7(5)11(12)13;6-4-2-1-3(9)5(7-4)8(10)11/h1-2H,3-4H2;1-2,9H. The van der Waals surface area contributed by atoms with Crippen molar-refractivity contribution in [2.45, 2.75) is 0 Å². The lowest BCUT2D eigenvalue weighted by atomic mass is 10.4. The van der Waals surface area contributed by atoms with Crippen molar-refractivity contribution in [1.82, 2.24) is 9.97 Å². The Morgan fingerprint density at radius 3 is 2.00 bits per heavy atom. The van der Waals surface area contributed by atoms with Crippen LogP contribution in [0.1, 0.15) is 0 Å². The summed E-state index contributed by atoms with van der Waals surface area (Å²) in [7, 11) is 0. The second kappa shape index (κ2) is 10.2. The Hall–Kier alpha value is -1.86. The van der Waals surface area contributed by atoms with Crippen LogP contribution in [0.5, 0.6) is 11.5 Å². The van der Waals surface area contributed by atoms with Gasteiger partial charge in [0.15, 0.2) is 0 Å². The molecule has 10 nitrogen and oxygen atoms in total. The van der Waals surface area contributed by atoms with Crippen LogP contribution in [0.2, 0.25) is 0 Å². The lowest BCUT2D eigenvalue weighted by Gasteiger charge is -2.03. The number of pyridine rings is 2. The normalized spacial score (nSPS) is 9.72. The fraction of sp³-hybridized carbons (Fsp3) is 0.167. The molecule has 0 spiro atoms. The van der Waals surface area contributed by atoms with Crippen LogP contribution in [0.3, 0.4) is 0 Å². The largest absolute Gasteiger partial charge is 0.501 e. The van der Waals surface area contributed by atoms with E-state index < -0.39 is 21.4 Å². The predicted molar refractivity (Wildman–Crippen MR) is 98.1 cm³/mol. The number of hydrogen-bond acceptors (Lipinski definition) is 8. The van der Waals surface area contributed by atoms with E-state index in [4.69, 9.17) is 9.84 Å². The van der Waals surface area contributed by atoms with Gasteiger partial charge in [-0.2, -0.15) is 0 Å². The summed E-state index contributed by atoms with van der Waals surface area (Å²) in [4.78, 5) is 26.5. The van der Waals surface area contributed by atoms with Crippen LogP contribution in [0.4, 0.5) is 11.6 Å². The molecule has 0 saturated carbocycles. The zero-order valence-electron chi connectivity index (χ0n) is 12.1. The first-order chi connectivity index (χ1) is 11.8. The highest BCUT2D eigenvalue weighted by molar-refractivity contribution is 9.10. The molecule has 0 aliphatic rings. The van der Waals surface area contributed by atoms with Crippen molar-refractivity contribution in [2.24, 2.45) is 0 Å². The van der Waals surface area contributed by atoms with E-state index in [0.717, 1.165) is 0 Å². The van der Waals surface area contributed by atoms with E-state index in [0.29, 0.717) is 21.1 Å². The number of ether oxygens (including phenoxy) is 1. The van der Waals surface area contributed by atoms with Crippen LogP contribution in [-0.4, -0.2) is 36.9 Å². The molecule has 0 aliphatic carbocycles. The molecule has 0 atom stereocenters. The summed E-state index contributed by atoms with van der Waals surface area (Å²) in [6, 6.07) is 5.73. The number of nitro groups is 2. The van der Waals surface area contributed by atoms with Crippen molar-refractivity contribution in [3.8, 4) is 11.5 Å². The van der Waals surface area contributed by atoms with E-state index in [1.807, 2.05) is 0 Å². The maximum absolute atomic E-state index is 10.6. The van der Waals surface area contributed by atoms with E-state index in [9.17, 15) is 20.2 Å². The summed E-state index contributed by atoms with van der Waals surface area (Å²) in [5.41, 5.74) is 0. The van der Waals surface area contributed by atoms with Gasteiger partial charge in [-0.1, -0.05) is 15.9 Å². The Kier molecular flexibility index (Phi) is 8.65. The monoisotopic (exact) mass is 542 g/mol. The number of nitrogens with zero attached hydrogens (tertiary/aromatic N) is 4. The van der Waals surface area contributed by atoms with Gasteiger partial charge in [0.05, 0.1) is 6.61 Å². The number of alkyl halides is 1. The third kappa shape index (κ3) is 6.88. The summed E-state index contributed by atoms with van der Waals surface area (Å²) in [5, 5.41) is 30.2. The van der Waals surface area contributed by atoms with E-state index in [2.05, 4.69) is 57.8 Å². The zero-order chi connectivity index (χ0) is 19.0. The van der Waals surface area contributed by atoms with E-state index in [-0.39, 0.29) is 11.6 Å². The molecule has 2 aromatic rings. The molecule has 2 heterocycles. The van der Waals surface area contributed by atoms with Gasteiger partial charge in [-0.15, -0.1) is 0 Å². The van der Waals surface area contributed by atoms with Crippen LogP contribution in [0.15, 0.2) is 33.5 Å². The maximum Gasteiger partial charge on any atom is 0.407 e. The van der Waals surface area contributed by atoms with Crippen molar-refractivity contribution in [1.29, 1.82) is 0 Å². The quantitative estimate of drug-likeness (QED) is 0.258. The van der Waals surface area contributed by atoms with Crippen molar-refractivity contribution >= 4 is 59.4 Å². The maximum atomic E-state index is 10.6. The van der Waals surface area contributed by atoms with Crippen LogP contribution < -0.4 is 4.74 Å². The lowest BCUT2D eigenvalue weighted by molar-refractivity contribution is -0.390. The Labute approximate surface area is 165 Å². The predicted octanol–water partition coefficient (Wildman–Crippen LogP) is 3.98. The summed E-state index contributed by atoms with van der Waals surface area (Å²) >= 11 is 9.15. The zero-order valence-corrected chi connectivity index (χ0v) is 16.9. The third-order valence-corrected chi connectivity index (χ3v) is 3.51. The molecule has 0 fully saturated rings. The minimum Gasteiger partial charge on any atom is -0.501 e. The van der Waals surface area contributed by atoms with Gasteiger partial charge in [-0.3, -0.25) is 0 Å². The highest BCUT2D eigenvalue weighted by atomic mass is 79.9. The Bertz CT molecular complexity index is 777. The summed E-state index contributed by atoms with van der Waals surface area (Å²) in [6.45, 7) is 0.365. The van der Waals surface area contributed by atoms with Gasteiger partial charge < -0.3 is 30.1 Å². The second-order valence-corrected chi connectivity index (χ2v) is 6.40. The first kappa shape index (κ1) is 21.2. The molecule has 2 aromatic heterocycles. The van der Waals surface area contributed by atoms with Crippen molar-refractivity contribution in [2.75, 3.05) is 11.9 Å². The molecule has 25 heavy (non-hydrogen) atoms. The van der Waals surface area contributed by atoms with Gasteiger partial charge >= 0.3 is 11.6 Å². The molecular formula is C12H9Br3N4O6. The Morgan fingerprint density at radius 1 is 1.00 bits per heavy atom. The molecule has 134 valence electrons. The molecule has 13 heteroatoms. The minimum absolute atomic E-state index is 0.178. The minimum atomic E-state index is -0.750. The Morgan fingerprint density at radius 2 is 1.52 bits per heavy atom. The fourth-order valence-corrected chi connectivity index (χ4v) is 2.12. The van der Waals surface area contributed by atoms with Crippen LogP contribution in [0, 0.1) is 20.2 Å². The topological polar surface area (TPSA) is 142 Å². The van der Waals surface area contributed by atoms with Crippen molar-refractivity contribution < 1.29 is 19.7 Å². The number of aromatic nitrogens is 2. The number of rotatable bonds is 5. The lowest BCUT2D eigenvalue weighted by Crippen LogP contribution is -2.02. The second-order valence-electron chi connectivity index (χ2n) is 3.98. The van der Waals surface area contributed by atoms with Gasteiger partial charge in [0.2, 0.25) is 20.7 Å². The van der Waals surface area contributed by atoms with Gasteiger partial charge in [-0.05, 0) is 31.9 Å². The molecule has 2 rings (SSSR count). The average molecular weight is 545 g/mol.